The molecule has 3 N–H and O–H groups in total. The van der Waals surface area contributed by atoms with Gasteiger partial charge in [0.2, 0.25) is 0 Å². The summed E-state index contributed by atoms with van der Waals surface area (Å²) in [6.45, 7) is 0. The van der Waals surface area contributed by atoms with Crippen LogP contribution in [0.15, 0.2) is 16.6 Å². The van der Waals surface area contributed by atoms with E-state index in [0.717, 1.165) is 0 Å². The number of ether oxygens (including phenoxy) is 1. The summed E-state index contributed by atoms with van der Waals surface area (Å²) in [5.74, 6) is -0.526. The van der Waals surface area contributed by atoms with Crippen molar-refractivity contribution in [1.82, 2.24) is 0 Å². The van der Waals surface area contributed by atoms with Crippen molar-refractivity contribution in [2.75, 3.05) is 12.4 Å². The van der Waals surface area contributed by atoms with Crippen LogP contribution >= 0.6 is 39.7 Å². The predicted octanol–water partition coefficient (Wildman–Crippen LogP) is 2.54. The van der Waals surface area contributed by atoms with Gasteiger partial charge in [-0.3, -0.25) is 0 Å². The van der Waals surface area contributed by atoms with Crippen LogP contribution in [0.25, 0.3) is 0 Å². The van der Waals surface area contributed by atoms with Gasteiger partial charge in [-0.25, -0.2) is 4.79 Å². The van der Waals surface area contributed by atoms with Crippen LogP contribution in [0.2, 0.25) is 5.02 Å². The molecule has 0 aromatic heterocycles. The van der Waals surface area contributed by atoms with Crippen molar-refractivity contribution in [1.29, 1.82) is 0 Å². The lowest BCUT2D eigenvalue weighted by Gasteiger charge is -2.11. The number of hydrogen-bond acceptors (Lipinski definition) is 3. The monoisotopic (exact) mass is 322 g/mol. The zero-order valence-corrected chi connectivity index (χ0v) is 11.4. The number of carbonyl (C=O) groups excluding carboxylic acids is 1. The topological polar surface area (TPSA) is 64.3 Å². The van der Waals surface area contributed by atoms with Crippen LogP contribution in [0.1, 0.15) is 10.4 Å². The third-order valence-electron chi connectivity index (χ3n) is 1.71. The summed E-state index contributed by atoms with van der Waals surface area (Å²) < 4.78 is 5.20. The Labute approximate surface area is 111 Å². The van der Waals surface area contributed by atoms with Crippen molar-refractivity contribution in [3.8, 4) is 0 Å². The lowest BCUT2D eigenvalue weighted by atomic mass is 10.2. The van der Waals surface area contributed by atoms with E-state index in [0.29, 0.717) is 15.2 Å². The second kappa shape index (κ2) is 5.47. The summed E-state index contributed by atoms with van der Waals surface area (Å²) in [5, 5.41) is 3.14. The van der Waals surface area contributed by atoms with Gasteiger partial charge in [-0.2, -0.15) is 0 Å². The molecule has 0 fully saturated rings. The highest BCUT2D eigenvalue weighted by Gasteiger charge is 2.16. The molecule has 0 unspecified atom stereocenters. The fraction of sp³-hybridized carbons (Fsp3) is 0.111. The van der Waals surface area contributed by atoms with Crippen LogP contribution in [-0.2, 0) is 4.74 Å². The van der Waals surface area contributed by atoms with Crippen molar-refractivity contribution in [3.05, 3.63) is 27.2 Å². The first-order valence-electron chi connectivity index (χ1n) is 4.09. The Bertz CT molecular complexity index is 453. The first-order valence-corrected chi connectivity index (χ1v) is 5.67. The summed E-state index contributed by atoms with van der Waals surface area (Å²) in [6, 6.07) is 3.09. The highest BCUT2D eigenvalue weighted by molar-refractivity contribution is 9.10. The van der Waals surface area contributed by atoms with Gasteiger partial charge < -0.3 is 15.8 Å². The first kappa shape index (κ1) is 13.2. The largest absolute Gasteiger partial charge is 0.465 e. The highest BCUT2D eigenvalue weighted by Crippen LogP contribution is 2.30. The SMILES string of the molecule is COC(=O)c1cc(Cl)cc(Br)c1NC(N)=S. The minimum Gasteiger partial charge on any atom is -0.465 e. The number of nitrogens with two attached hydrogens (primary N) is 1. The molecule has 0 aliphatic carbocycles. The van der Waals surface area contributed by atoms with Gasteiger partial charge in [-0.1, -0.05) is 11.6 Å². The second-order valence-electron chi connectivity index (χ2n) is 2.79. The molecule has 1 aromatic rings. The minimum absolute atomic E-state index is 0.0492. The maximum Gasteiger partial charge on any atom is 0.340 e. The molecule has 0 aliphatic rings. The average Bonchev–Trinajstić information content (AvgIpc) is 2.20. The number of hydrogen-bond donors (Lipinski definition) is 2. The maximum absolute atomic E-state index is 11.5. The number of carbonyl (C=O) groups is 1. The molecule has 0 saturated heterocycles. The van der Waals surface area contributed by atoms with Crippen molar-refractivity contribution >= 4 is 56.5 Å². The Balaban J connectivity index is 3.31. The van der Waals surface area contributed by atoms with Crippen LogP contribution in [-0.4, -0.2) is 18.2 Å². The molecule has 16 heavy (non-hydrogen) atoms. The molecular formula is C9H8BrClN2O2S. The standard InChI is InChI=1S/C9H8BrClN2O2S/c1-15-8(14)5-2-4(11)3-6(10)7(5)13-9(12)16/h2-3H,1H3,(H3,12,13,16). The quantitative estimate of drug-likeness (QED) is 0.647. The molecule has 0 aliphatic heterocycles. The van der Waals surface area contributed by atoms with Crippen molar-refractivity contribution < 1.29 is 9.53 Å². The average molecular weight is 324 g/mol. The Kier molecular flexibility index (Phi) is 4.52. The number of nitrogens with one attached hydrogen (secondary N) is 1. The lowest BCUT2D eigenvalue weighted by Crippen LogP contribution is -2.21. The maximum atomic E-state index is 11.5. The lowest BCUT2D eigenvalue weighted by molar-refractivity contribution is 0.0602. The Morgan fingerprint density at radius 3 is 2.75 bits per heavy atom. The van der Waals surface area contributed by atoms with E-state index in [4.69, 9.17) is 29.6 Å². The Morgan fingerprint density at radius 2 is 2.25 bits per heavy atom. The summed E-state index contributed by atoms with van der Waals surface area (Å²) in [6.07, 6.45) is 0. The van der Waals surface area contributed by atoms with Crippen LogP contribution in [0, 0.1) is 0 Å². The van der Waals surface area contributed by atoms with Gasteiger partial charge in [0, 0.05) is 9.50 Å². The van der Waals surface area contributed by atoms with Crippen molar-refractivity contribution in [3.63, 3.8) is 0 Å². The van der Waals surface area contributed by atoms with Gasteiger partial charge in [0.15, 0.2) is 5.11 Å². The highest BCUT2D eigenvalue weighted by atomic mass is 79.9. The van der Waals surface area contributed by atoms with Crippen LogP contribution in [0.4, 0.5) is 5.69 Å². The minimum atomic E-state index is -0.526. The molecule has 1 rings (SSSR count). The van der Waals surface area contributed by atoms with E-state index in [9.17, 15) is 4.79 Å². The Morgan fingerprint density at radius 1 is 1.62 bits per heavy atom. The Hall–Kier alpha value is -0.850. The number of anilines is 1. The summed E-state index contributed by atoms with van der Waals surface area (Å²) in [5.41, 5.74) is 6.05. The van der Waals surface area contributed by atoms with E-state index < -0.39 is 5.97 Å². The number of thiocarbonyl (C=S) groups is 1. The first-order chi connectivity index (χ1) is 7.45. The fourth-order valence-corrected chi connectivity index (χ4v) is 2.11. The van der Waals surface area contributed by atoms with E-state index in [-0.39, 0.29) is 10.7 Å². The molecular weight excluding hydrogens is 316 g/mol. The van der Waals surface area contributed by atoms with Gasteiger partial charge in [0.1, 0.15) is 0 Å². The van der Waals surface area contributed by atoms with E-state index >= 15 is 0 Å². The molecule has 0 spiro atoms. The molecule has 0 saturated carbocycles. The van der Waals surface area contributed by atoms with Gasteiger partial charge >= 0.3 is 5.97 Å². The molecule has 0 heterocycles. The number of benzene rings is 1. The molecule has 1 aromatic carbocycles. The van der Waals surface area contributed by atoms with Gasteiger partial charge in [-0.05, 0) is 40.3 Å². The number of methoxy groups -OCH3 is 1. The molecule has 7 heteroatoms. The van der Waals surface area contributed by atoms with E-state index in [1.165, 1.54) is 13.2 Å². The summed E-state index contributed by atoms with van der Waals surface area (Å²) >= 11 is 13.8. The third kappa shape index (κ3) is 3.07. The molecule has 4 nitrogen and oxygen atoms in total. The second-order valence-corrected chi connectivity index (χ2v) is 4.52. The van der Waals surface area contributed by atoms with E-state index in [2.05, 4.69) is 26.0 Å². The van der Waals surface area contributed by atoms with Crippen LogP contribution < -0.4 is 11.1 Å². The van der Waals surface area contributed by atoms with E-state index in [1.807, 2.05) is 0 Å². The fourth-order valence-electron chi connectivity index (χ4n) is 1.09. The summed E-state index contributed by atoms with van der Waals surface area (Å²) in [4.78, 5) is 11.5. The van der Waals surface area contributed by atoms with Gasteiger partial charge in [-0.15, -0.1) is 0 Å². The summed E-state index contributed by atoms with van der Waals surface area (Å²) in [7, 11) is 1.28. The molecule has 0 atom stereocenters. The van der Waals surface area contributed by atoms with Crippen LogP contribution in [0.5, 0.6) is 0 Å². The third-order valence-corrected chi connectivity index (χ3v) is 2.65. The number of rotatable bonds is 2. The smallest absolute Gasteiger partial charge is 0.340 e. The van der Waals surface area contributed by atoms with Gasteiger partial charge in [0.25, 0.3) is 0 Å². The normalized spacial score (nSPS) is 9.69. The van der Waals surface area contributed by atoms with Crippen LogP contribution in [0.3, 0.4) is 0 Å². The predicted molar refractivity (Wildman–Crippen MR) is 70.9 cm³/mol. The van der Waals surface area contributed by atoms with Crippen molar-refractivity contribution in [2.45, 2.75) is 0 Å². The van der Waals surface area contributed by atoms with E-state index in [1.54, 1.807) is 6.07 Å². The molecule has 0 radical (unpaired) electrons. The zero-order valence-electron chi connectivity index (χ0n) is 8.21. The molecule has 86 valence electrons. The zero-order chi connectivity index (χ0) is 12.3. The number of esters is 1. The van der Waals surface area contributed by atoms with Gasteiger partial charge in [0.05, 0.1) is 18.4 Å². The molecule has 0 amide bonds. The molecule has 0 bridgehead atoms. The number of halogens is 2. The van der Waals surface area contributed by atoms with Crippen molar-refractivity contribution in [2.24, 2.45) is 5.73 Å².